The van der Waals surface area contributed by atoms with E-state index < -0.39 is 0 Å². The van der Waals surface area contributed by atoms with Gasteiger partial charge in [-0.05, 0) is 40.6 Å². The van der Waals surface area contributed by atoms with Gasteiger partial charge in [-0.3, -0.25) is 6.08 Å². The Bertz CT molecular complexity index is 1720. The number of hydrogen-bond donors (Lipinski definition) is 0. The first-order valence-electron chi connectivity index (χ1n) is 17.6. The van der Waals surface area contributed by atoms with Crippen molar-refractivity contribution < 1.29 is 24.2 Å². The van der Waals surface area contributed by atoms with Crippen LogP contribution in [0.5, 0.6) is 0 Å². The molecule has 0 radical (unpaired) electrons. The monoisotopic (exact) mass is 1030 g/mol. The summed E-state index contributed by atoms with van der Waals surface area (Å²) < 4.78 is 5.86. The van der Waals surface area contributed by atoms with E-state index in [1.165, 1.54) is 55.3 Å². The summed E-state index contributed by atoms with van der Waals surface area (Å²) >= 11 is 5.82. The summed E-state index contributed by atoms with van der Waals surface area (Å²) in [5.74, 6) is 2.24. The van der Waals surface area contributed by atoms with Crippen LogP contribution in [0.4, 0.5) is 0 Å². The summed E-state index contributed by atoms with van der Waals surface area (Å²) in [5.41, 5.74) is 10.3. The molecule has 1 fully saturated rings. The van der Waals surface area contributed by atoms with Crippen molar-refractivity contribution in [1.82, 2.24) is 0 Å². The van der Waals surface area contributed by atoms with Crippen molar-refractivity contribution in [3.63, 3.8) is 0 Å². The zero-order chi connectivity index (χ0) is 36.7. The maximum atomic E-state index is 3.34. The van der Waals surface area contributed by atoms with Crippen LogP contribution in [0.2, 0.25) is 0 Å². The Morgan fingerprint density at radius 3 is 1.81 bits per heavy atom. The van der Waals surface area contributed by atoms with Crippen LogP contribution in [-0.2, 0) is 30.7 Å². The molecule has 0 N–H and O–H groups in total. The molecule has 2 unspecified atom stereocenters. The van der Waals surface area contributed by atoms with E-state index >= 15 is 0 Å². The Kier molecular flexibility index (Phi) is 18.4. The molecule has 1 saturated carbocycles. The van der Waals surface area contributed by atoms with Crippen LogP contribution in [-0.4, -0.2) is 4.21 Å². The van der Waals surface area contributed by atoms with Crippen molar-refractivity contribution in [3.8, 4) is 0 Å². The van der Waals surface area contributed by atoms with Gasteiger partial charge in [0.2, 0.25) is 0 Å². The Morgan fingerprint density at radius 2 is 1.35 bits per heavy atom. The fraction of sp³-hybridized carbons (Fsp3) is 0.362. The zero-order valence-corrected chi connectivity index (χ0v) is 40.4. The molecule has 0 aromatic heterocycles. The third-order valence-electron chi connectivity index (χ3n) is 12.7. The Morgan fingerprint density at radius 1 is 0.788 bits per heavy atom. The molecule has 0 saturated heterocycles. The van der Waals surface area contributed by atoms with Crippen LogP contribution in [0.25, 0.3) is 5.57 Å². The minimum absolute atomic E-state index is 0. The van der Waals surface area contributed by atoms with Gasteiger partial charge in [0.15, 0.2) is 0 Å². The molecule has 5 heteroatoms. The van der Waals surface area contributed by atoms with Crippen LogP contribution >= 0.6 is 70.0 Å². The van der Waals surface area contributed by atoms with E-state index in [0.717, 1.165) is 12.8 Å². The number of hydrogen-bond acceptors (Lipinski definition) is 0. The van der Waals surface area contributed by atoms with Crippen molar-refractivity contribution >= 4 is 79.8 Å². The molecule has 2 atom stereocenters. The normalized spacial score (nSPS) is 22.6. The van der Waals surface area contributed by atoms with Crippen molar-refractivity contribution in [2.75, 3.05) is 0 Å². The SMILES string of the molecule is C[C-]1C2=C3Cc4ccccc4C3=C3C=CCCC3C2(C)C(C)(C)C(C)(C)C1(C)C.Cl.Cl.Ic1cc[c-]cc1.Ic1cc[c-]cc1.[C-]1=CC=CC1.[CH2]=[Zr]. The van der Waals surface area contributed by atoms with Gasteiger partial charge >= 0.3 is 28.4 Å². The third-order valence-corrected chi connectivity index (χ3v) is 14.2. The van der Waals surface area contributed by atoms with Crippen molar-refractivity contribution in [1.29, 1.82) is 0 Å². The molecule has 5 aliphatic rings. The first-order valence-corrected chi connectivity index (χ1v) is 21.5. The van der Waals surface area contributed by atoms with E-state index in [-0.39, 0.29) is 46.5 Å². The number of fused-ring (bicyclic) bond motifs is 6. The van der Waals surface area contributed by atoms with Gasteiger partial charge in [0.25, 0.3) is 0 Å². The summed E-state index contributed by atoms with van der Waals surface area (Å²) in [4.78, 5) is 0. The quantitative estimate of drug-likeness (QED) is 0.155. The molecular weight excluding hydrogens is 980 g/mol. The van der Waals surface area contributed by atoms with Crippen molar-refractivity contribution in [2.45, 2.75) is 81.1 Å². The molecule has 8 rings (SSSR count). The zero-order valence-electron chi connectivity index (χ0n) is 32.0. The average Bonchev–Trinajstić information content (AvgIpc) is 3.82. The maximum absolute atomic E-state index is 3.34. The Balaban J connectivity index is 0.000000331. The predicted octanol–water partition coefficient (Wildman–Crippen LogP) is 14.3. The summed E-state index contributed by atoms with van der Waals surface area (Å²) in [7, 11) is 0. The first kappa shape index (κ1) is 47.2. The van der Waals surface area contributed by atoms with E-state index in [1.807, 2.05) is 60.7 Å². The molecular formula is C47H54Cl2I2Zr-4. The standard InChI is InChI=1S/C29H37.2C6H4I.C5H5.CH2.2ClH.Zr/c1-18-25-22-17-19-13-9-10-14-20(19)24(22)21-15-11-12-16-23(21)29(25,8)28(6,7)27(4,5)26(18,2)3;2*7-6-4-2-1-3-5-6;1-2-4-5-3-1;;;;/h9-11,13-15,23H,12,16-17H2,1-8H3;2*2-5H;1-3H,4H2;1H2;2*1H;/q4*-1;;;;. The second kappa shape index (κ2) is 20.3. The van der Waals surface area contributed by atoms with Crippen LogP contribution in [0.15, 0.2) is 120 Å². The van der Waals surface area contributed by atoms with E-state index in [4.69, 9.17) is 0 Å². The van der Waals surface area contributed by atoms with Crippen LogP contribution < -0.4 is 0 Å². The fourth-order valence-corrected chi connectivity index (χ4v) is 9.36. The molecule has 5 aliphatic carbocycles. The molecule has 0 heterocycles. The summed E-state index contributed by atoms with van der Waals surface area (Å²) in [6, 6.07) is 30.7. The van der Waals surface area contributed by atoms with Gasteiger partial charge < -0.3 is 0 Å². The molecule has 3 aromatic carbocycles. The van der Waals surface area contributed by atoms with Gasteiger partial charge in [0.05, 0.1) is 0 Å². The van der Waals surface area contributed by atoms with Gasteiger partial charge in [-0.15, -0.1) is 38.2 Å². The predicted molar refractivity (Wildman–Crippen MR) is 243 cm³/mol. The van der Waals surface area contributed by atoms with Gasteiger partial charge in [-0.1, -0.05) is 166 Å². The van der Waals surface area contributed by atoms with E-state index in [0.29, 0.717) is 5.92 Å². The molecule has 0 amide bonds. The van der Waals surface area contributed by atoms with Gasteiger partial charge in [0, 0.05) is 0 Å². The molecule has 3 aromatic rings. The van der Waals surface area contributed by atoms with Crippen LogP contribution in [0.3, 0.4) is 0 Å². The van der Waals surface area contributed by atoms with Crippen LogP contribution in [0.1, 0.15) is 85.8 Å². The fourth-order valence-electron chi connectivity index (χ4n) is 8.64. The van der Waals surface area contributed by atoms with Crippen molar-refractivity contribution in [3.05, 3.63) is 162 Å². The van der Waals surface area contributed by atoms with Crippen molar-refractivity contribution in [2.24, 2.45) is 27.6 Å². The number of allylic oxidation sites excluding steroid dienone is 10. The van der Waals surface area contributed by atoms with Gasteiger partial charge in [-0.2, -0.15) is 77.9 Å². The van der Waals surface area contributed by atoms with Crippen LogP contribution in [0, 0.1) is 58.8 Å². The molecule has 0 spiro atoms. The second-order valence-electron chi connectivity index (χ2n) is 15.2. The average molecular weight is 1030 g/mol. The molecule has 278 valence electrons. The summed E-state index contributed by atoms with van der Waals surface area (Å²) in [5, 5.41) is 0. The molecule has 0 nitrogen and oxygen atoms in total. The Hall–Kier alpha value is -0.977. The van der Waals surface area contributed by atoms with Gasteiger partial charge in [0.1, 0.15) is 0 Å². The second-order valence-corrected chi connectivity index (χ2v) is 17.7. The van der Waals surface area contributed by atoms with E-state index in [2.05, 4.69) is 165 Å². The topological polar surface area (TPSA) is 0 Å². The minimum atomic E-state index is 0. The molecule has 0 bridgehead atoms. The van der Waals surface area contributed by atoms with Gasteiger partial charge in [-0.25, -0.2) is 18.1 Å². The van der Waals surface area contributed by atoms with E-state index in [1.54, 1.807) is 28.2 Å². The number of benzene rings is 3. The third kappa shape index (κ3) is 9.17. The number of rotatable bonds is 0. The summed E-state index contributed by atoms with van der Waals surface area (Å²) in [6.07, 6.45) is 18.5. The van der Waals surface area contributed by atoms with E-state index in [9.17, 15) is 0 Å². The number of halogens is 4. The first-order chi connectivity index (χ1) is 23.8. The molecule has 52 heavy (non-hydrogen) atoms. The molecule has 0 aliphatic heterocycles. The Labute approximate surface area is 371 Å². The summed E-state index contributed by atoms with van der Waals surface area (Å²) in [6.45, 7) is 20.3.